The Kier molecular flexibility index (Phi) is 5.43. The molecule has 0 amide bonds. The Balaban J connectivity index is 1.94. The van der Waals surface area contributed by atoms with Crippen molar-refractivity contribution in [2.45, 2.75) is 44.5 Å². The van der Waals surface area contributed by atoms with E-state index in [9.17, 15) is 18.0 Å². The van der Waals surface area contributed by atoms with Crippen molar-refractivity contribution in [3.05, 3.63) is 71.3 Å². The van der Waals surface area contributed by atoms with Gasteiger partial charge in [0.25, 0.3) is 0 Å². The summed E-state index contributed by atoms with van der Waals surface area (Å²) in [5.74, 6) is -0.265. The second kappa shape index (κ2) is 7.54. The largest absolute Gasteiger partial charge is 0.474 e. The molecule has 0 N–H and O–H groups in total. The number of carbonyl (C=O) groups is 1. The maximum Gasteiger partial charge on any atom is 0.416 e. The molecule has 1 heterocycles. The van der Waals surface area contributed by atoms with Gasteiger partial charge in [-0.2, -0.15) is 13.2 Å². The van der Waals surface area contributed by atoms with Gasteiger partial charge in [0.2, 0.25) is 5.90 Å². The molecule has 154 valence electrons. The number of carbonyl (C=O) groups excluding carboxylic acids is 1. The SMILES string of the molecule is CC(C)(C)OC(=O)C1(Cc2ccc(C(F)(F)F)cc2)COC(c2ccccc2)=N1. The van der Waals surface area contributed by atoms with E-state index >= 15 is 0 Å². The maximum atomic E-state index is 13.0. The molecule has 0 bridgehead atoms. The van der Waals surface area contributed by atoms with Gasteiger partial charge in [-0.1, -0.05) is 30.3 Å². The zero-order valence-electron chi connectivity index (χ0n) is 16.4. The van der Waals surface area contributed by atoms with Crippen LogP contribution >= 0.6 is 0 Å². The van der Waals surface area contributed by atoms with Gasteiger partial charge in [-0.15, -0.1) is 0 Å². The van der Waals surface area contributed by atoms with Gasteiger partial charge in [-0.3, -0.25) is 0 Å². The molecule has 1 unspecified atom stereocenters. The summed E-state index contributed by atoms with van der Waals surface area (Å²) in [6.07, 6.45) is -4.35. The first kappa shape index (κ1) is 20.9. The Labute approximate surface area is 167 Å². The molecular formula is C22H22F3NO3. The second-order valence-corrected chi connectivity index (χ2v) is 7.98. The second-order valence-electron chi connectivity index (χ2n) is 7.98. The Morgan fingerprint density at radius 1 is 1.07 bits per heavy atom. The summed E-state index contributed by atoms with van der Waals surface area (Å²) in [6.45, 7) is 5.18. The van der Waals surface area contributed by atoms with Gasteiger partial charge in [0.05, 0.1) is 5.56 Å². The number of hydrogen-bond donors (Lipinski definition) is 0. The van der Waals surface area contributed by atoms with Crippen LogP contribution < -0.4 is 0 Å². The van der Waals surface area contributed by atoms with Crippen LogP contribution in [-0.4, -0.2) is 29.6 Å². The monoisotopic (exact) mass is 405 g/mol. The minimum absolute atomic E-state index is 0.0484. The number of ether oxygens (including phenoxy) is 2. The van der Waals surface area contributed by atoms with Crippen LogP contribution in [0.5, 0.6) is 0 Å². The van der Waals surface area contributed by atoms with Crippen LogP contribution in [0.25, 0.3) is 0 Å². The molecule has 2 aromatic carbocycles. The Hall–Kier alpha value is -2.83. The van der Waals surface area contributed by atoms with Gasteiger partial charge in [0.15, 0.2) is 5.54 Å². The number of nitrogens with zero attached hydrogens (tertiary/aromatic N) is 1. The van der Waals surface area contributed by atoms with Crippen LogP contribution in [-0.2, 0) is 26.9 Å². The normalized spacial score (nSPS) is 19.4. The van der Waals surface area contributed by atoms with Gasteiger partial charge >= 0.3 is 12.1 Å². The van der Waals surface area contributed by atoms with E-state index in [1.165, 1.54) is 12.1 Å². The highest BCUT2D eigenvalue weighted by molar-refractivity contribution is 5.99. The molecule has 0 aliphatic carbocycles. The number of halogens is 3. The molecule has 0 aromatic heterocycles. The third-order valence-corrected chi connectivity index (χ3v) is 4.34. The topological polar surface area (TPSA) is 47.9 Å². The molecule has 0 saturated heterocycles. The van der Waals surface area contributed by atoms with E-state index in [0.29, 0.717) is 17.0 Å². The van der Waals surface area contributed by atoms with Gasteiger partial charge in [-0.05, 0) is 50.6 Å². The van der Waals surface area contributed by atoms with Gasteiger partial charge in [-0.25, -0.2) is 9.79 Å². The van der Waals surface area contributed by atoms with Gasteiger partial charge < -0.3 is 9.47 Å². The van der Waals surface area contributed by atoms with E-state index in [-0.39, 0.29) is 13.0 Å². The van der Waals surface area contributed by atoms with Crippen molar-refractivity contribution in [2.24, 2.45) is 4.99 Å². The zero-order chi connectivity index (χ0) is 21.3. The lowest BCUT2D eigenvalue weighted by Gasteiger charge is -2.28. The average molecular weight is 405 g/mol. The Morgan fingerprint density at radius 3 is 2.24 bits per heavy atom. The molecular weight excluding hydrogens is 383 g/mol. The van der Waals surface area contributed by atoms with Crippen LogP contribution in [0.15, 0.2) is 59.6 Å². The molecule has 3 rings (SSSR count). The molecule has 29 heavy (non-hydrogen) atoms. The van der Waals surface area contributed by atoms with E-state index in [1.54, 1.807) is 20.8 Å². The first-order chi connectivity index (χ1) is 13.5. The maximum absolute atomic E-state index is 13.0. The molecule has 0 radical (unpaired) electrons. The third kappa shape index (κ3) is 4.96. The average Bonchev–Trinajstić information content (AvgIpc) is 3.06. The van der Waals surface area contributed by atoms with E-state index < -0.39 is 28.8 Å². The lowest BCUT2D eigenvalue weighted by Crippen LogP contribution is -2.45. The molecule has 1 aliphatic heterocycles. The first-order valence-electron chi connectivity index (χ1n) is 9.16. The van der Waals surface area contributed by atoms with E-state index in [2.05, 4.69) is 4.99 Å². The number of rotatable bonds is 4. The molecule has 0 saturated carbocycles. The first-order valence-corrected chi connectivity index (χ1v) is 9.16. The zero-order valence-corrected chi connectivity index (χ0v) is 16.4. The van der Waals surface area contributed by atoms with E-state index in [1.807, 2.05) is 30.3 Å². The van der Waals surface area contributed by atoms with Crippen LogP contribution in [0, 0.1) is 0 Å². The summed E-state index contributed by atoms with van der Waals surface area (Å²) in [7, 11) is 0. The summed E-state index contributed by atoms with van der Waals surface area (Å²) >= 11 is 0. The third-order valence-electron chi connectivity index (χ3n) is 4.34. The Bertz CT molecular complexity index is 900. The molecule has 7 heteroatoms. The fourth-order valence-corrected chi connectivity index (χ4v) is 2.96. The van der Waals surface area contributed by atoms with Crippen LogP contribution in [0.1, 0.15) is 37.5 Å². The molecule has 0 spiro atoms. The predicted octanol–water partition coefficient (Wildman–Crippen LogP) is 4.81. The van der Waals surface area contributed by atoms with Crippen molar-refractivity contribution in [1.82, 2.24) is 0 Å². The smallest absolute Gasteiger partial charge is 0.416 e. The van der Waals surface area contributed by atoms with Gasteiger partial charge in [0.1, 0.15) is 12.2 Å². The fourth-order valence-electron chi connectivity index (χ4n) is 2.96. The van der Waals surface area contributed by atoms with Gasteiger partial charge in [0, 0.05) is 12.0 Å². The highest BCUT2D eigenvalue weighted by Gasteiger charge is 2.47. The van der Waals surface area contributed by atoms with E-state index in [0.717, 1.165) is 12.1 Å². The van der Waals surface area contributed by atoms with Crippen molar-refractivity contribution < 1.29 is 27.4 Å². The number of esters is 1. The predicted molar refractivity (Wildman–Crippen MR) is 103 cm³/mol. The van der Waals surface area contributed by atoms with Crippen molar-refractivity contribution in [1.29, 1.82) is 0 Å². The lowest BCUT2D eigenvalue weighted by atomic mass is 9.91. The molecule has 1 aliphatic rings. The van der Waals surface area contributed by atoms with Crippen molar-refractivity contribution in [2.75, 3.05) is 6.61 Å². The number of alkyl halides is 3. The number of benzene rings is 2. The standard InChI is InChI=1S/C22H22F3NO3/c1-20(2,3)29-19(27)21(13-15-9-11-17(12-10-15)22(23,24)25)14-28-18(26-21)16-7-5-4-6-8-16/h4-12H,13-14H2,1-3H3. The summed E-state index contributed by atoms with van der Waals surface area (Å²) in [4.78, 5) is 17.5. The molecule has 0 fully saturated rings. The Morgan fingerprint density at radius 2 is 1.69 bits per heavy atom. The van der Waals surface area contributed by atoms with Crippen LogP contribution in [0.3, 0.4) is 0 Å². The number of aliphatic imine (C=N–C) groups is 1. The summed E-state index contributed by atoms with van der Waals surface area (Å²) < 4.78 is 49.8. The quantitative estimate of drug-likeness (QED) is 0.686. The fraction of sp³-hybridized carbons (Fsp3) is 0.364. The number of hydrogen-bond acceptors (Lipinski definition) is 4. The van der Waals surface area contributed by atoms with Crippen LogP contribution in [0.2, 0.25) is 0 Å². The minimum atomic E-state index is -4.42. The van der Waals surface area contributed by atoms with Crippen molar-refractivity contribution in [3.8, 4) is 0 Å². The van der Waals surface area contributed by atoms with Crippen LogP contribution in [0.4, 0.5) is 13.2 Å². The summed E-state index contributed by atoms with van der Waals surface area (Å²) in [5.41, 5.74) is -1.60. The highest BCUT2D eigenvalue weighted by atomic mass is 19.4. The van der Waals surface area contributed by atoms with E-state index in [4.69, 9.17) is 9.47 Å². The summed E-state index contributed by atoms with van der Waals surface area (Å²) in [6, 6.07) is 13.8. The highest BCUT2D eigenvalue weighted by Crippen LogP contribution is 2.32. The molecule has 1 atom stereocenters. The minimum Gasteiger partial charge on any atom is -0.474 e. The van der Waals surface area contributed by atoms with Crippen molar-refractivity contribution in [3.63, 3.8) is 0 Å². The molecule has 2 aromatic rings. The lowest BCUT2D eigenvalue weighted by molar-refractivity contribution is -0.162. The summed E-state index contributed by atoms with van der Waals surface area (Å²) in [5, 5.41) is 0. The molecule has 4 nitrogen and oxygen atoms in total. The van der Waals surface area contributed by atoms with Crippen molar-refractivity contribution >= 4 is 11.9 Å².